The second kappa shape index (κ2) is 3.22. The predicted molar refractivity (Wildman–Crippen MR) is 58.9 cm³/mol. The number of anilines is 1. The van der Waals surface area contributed by atoms with Crippen LogP contribution >= 0.6 is 0 Å². The van der Waals surface area contributed by atoms with Crippen molar-refractivity contribution in [2.45, 2.75) is 19.8 Å². The first kappa shape index (κ1) is 8.71. The first-order valence-corrected chi connectivity index (χ1v) is 5.37. The maximum atomic E-state index is 4.20. The Balaban J connectivity index is 1.95. The van der Waals surface area contributed by atoms with Crippen LogP contribution in [0, 0.1) is 12.8 Å². The fraction of sp³-hybridized carbons (Fsp3) is 0.455. The molecule has 0 spiro atoms. The summed E-state index contributed by atoms with van der Waals surface area (Å²) >= 11 is 0. The molecule has 3 rings (SSSR count). The summed E-state index contributed by atoms with van der Waals surface area (Å²) in [4.78, 5) is 4.19. The normalized spacial score (nSPS) is 15.8. The summed E-state index contributed by atoms with van der Waals surface area (Å²) in [6, 6.07) is 4.15. The van der Waals surface area contributed by atoms with E-state index in [0.29, 0.717) is 0 Å². The highest BCUT2D eigenvalue weighted by atomic mass is 15.3. The zero-order chi connectivity index (χ0) is 10.3. The van der Waals surface area contributed by atoms with E-state index in [4.69, 9.17) is 0 Å². The van der Waals surface area contributed by atoms with E-state index in [-0.39, 0.29) is 0 Å². The van der Waals surface area contributed by atoms with Gasteiger partial charge in [0.05, 0.1) is 0 Å². The molecule has 0 aliphatic heterocycles. The lowest BCUT2D eigenvalue weighted by Crippen LogP contribution is -2.08. The summed E-state index contributed by atoms with van der Waals surface area (Å²) in [5, 5.41) is 7.64. The summed E-state index contributed by atoms with van der Waals surface area (Å²) in [6.45, 7) is 3.13. The van der Waals surface area contributed by atoms with Crippen LogP contribution in [0.2, 0.25) is 0 Å². The highest BCUT2D eigenvalue weighted by Crippen LogP contribution is 2.29. The van der Waals surface area contributed by atoms with Gasteiger partial charge in [-0.3, -0.25) is 0 Å². The standard InChI is InChI=1S/C11H14N4/c1-8-4-10(12-6-9-2-3-9)15-11(5-8)13-7-14-15/h4-5,7,9,12H,2-3,6H2,1H3. The van der Waals surface area contributed by atoms with E-state index in [0.717, 1.165) is 23.9 Å². The highest BCUT2D eigenvalue weighted by Gasteiger charge is 2.21. The van der Waals surface area contributed by atoms with Crippen LogP contribution in [0.5, 0.6) is 0 Å². The number of nitrogens with zero attached hydrogens (tertiary/aromatic N) is 3. The van der Waals surface area contributed by atoms with Crippen LogP contribution in [0.25, 0.3) is 5.65 Å². The van der Waals surface area contributed by atoms with E-state index in [9.17, 15) is 0 Å². The van der Waals surface area contributed by atoms with Crippen molar-refractivity contribution in [1.29, 1.82) is 0 Å². The molecule has 4 heteroatoms. The molecule has 2 aromatic heterocycles. The second-order valence-corrected chi connectivity index (χ2v) is 4.27. The third kappa shape index (κ3) is 1.67. The lowest BCUT2D eigenvalue weighted by molar-refractivity contribution is 0.860. The molecule has 0 unspecified atom stereocenters. The van der Waals surface area contributed by atoms with E-state index in [1.165, 1.54) is 18.4 Å². The van der Waals surface area contributed by atoms with Gasteiger partial charge in [0.1, 0.15) is 12.1 Å². The molecule has 2 aromatic rings. The summed E-state index contributed by atoms with van der Waals surface area (Å²) in [5.41, 5.74) is 2.13. The third-order valence-electron chi connectivity index (χ3n) is 2.79. The zero-order valence-corrected chi connectivity index (χ0v) is 8.77. The Morgan fingerprint density at radius 2 is 2.33 bits per heavy atom. The Hall–Kier alpha value is -1.58. The average Bonchev–Trinajstić information content (AvgIpc) is 2.92. The molecule has 1 fully saturated rings. The number of hydrogen-bond acceptors (Lipinski definition) is 3. The molecule has 1 N–H and O–H groups in total. The molecule has 0 amide bonds. The van der Waals surface area contributed by atoms with Gasteiger partial charge in [-0.1, -0.05) is 0 Å². The monoisotopic (exact) mass is 202 g/mol. The van der Waals surface area contributed by atoms with Crippen molar-refractivity contribution >= 4 is 11.5 Å². The quantitative estimate of drug-likeness (QED) is 0.826. The molecule has 15 heavy (non-hydrogen) atoms. The molecule has 1 aliphatic carbocycles. The smallest absolute Gasteiger partial charge is 0.157 e. The topological polar surface area (TPSA) is 42.2 Å². The fourth-order valence-corrected chi connectivity index (χ4v) is 1.75. The molecule has 0 bridgehead atoms. The summed E-state index contributed by atoms with van der Waals surface area (Å²) in [5.74, 6) is 1.92. The van der Waals surface area contributed by atoms with Crippen molar-refractivity contribution in [2.24, 2.45) is 5.92 Å². The molecule has 0 radical (unpaired) electrons. The fourth-order valence-electron chi connectivity index (χ4n) is 1.75. The lowest BCUT2D eigenvalue weighted by atomic mass is 10.3. The number of hydrogen-bond donors (Lipinski definition) is 1. The minimum absolute atomic E-state index is 0.865. The molecule has 0 aromatic carbocycles. The van der Waals surface area contributed by atoms with Gasteiger partial charge in [0.15, 0.2) is 5.65 Å². The maximum Gasteiger partial charge on any atom is 0.157 e. The van der Waals surface area contributed by atoms with Crippen molar-refractivity contribution in [1.82, 2.24) is 14.6 Å². The van der Waals surface area contributed by atoms with Crippen molar-refractivity contribution in [3.05, 3.63) is 24.0 Å². The van der Waals surface area contributed by atoms with Gasteiger partial charge in [0, 0.05) is 6.54 Å². The van der Waals surface area contributed by atoms with Crippen LogP contribution in [-0.4, -0.2) is 21.1 Å². The average molecular weight is 202 g/mol. The van der Waals surface area contributed by atoms with Gasteiger partial charge in [-0.05, 0) is 43.4 Å². The Bertz CT molecular complexity index is 484. The molecule has 2 heterocycles. The molecule has 78 valence electrons. The maximum absolute atomic E-state index is 4.20. The number of rotatable bonds is 3. The Kier molecular flexibility index (Phi) is 1.87. The van der Waals surface area contributed by atoms with E-state index >= 15 is 0 Å². The molecule has 0 saturated heterocycles. The van der Waals surface area contributed by atoms with Crippen molar-refractivity contribution in [2.75, 3.05) is 11.9 Å². The predicted octanol–water partition coefficient (Wildman–Crippen LogP) is 1.86. The van der Waals surface area contributed by atoms with Gasteiger partial charge in [0.2, 0.25) is 0 Å². The molecule has 0 atom stereocenters. The molecule has 1 saturated carbocycles. The van der Waals surface area contributed by atoms with E-state index in [1.54, 1.807) is 6.33 Å². The largest absolute Gasteiger partial charge is 0.370 e. The highest BCUT2D eigenvalue weighted by molar-refractivity contribution is 5.51. The molecular formula is C11H14N4. The zero-order valence-electron chi connectivity index (χ0n) is 8.77. The van der Waals surface area contributed by atoms with Gasteiger partial charge in [-0.15, -0.1) is 0 Å². The summed E-state index contributed by atoms with van der Waals surface area (Å²) in [6.07, 6.45) is 4.32. The van der Waals surface area contributed by atoms with E-state index in [2.05, 4.69) is 28.4 Å². The van der Waals surface area contributed by atoms with Crippen LogP contribution in [0.4, 0.5) is 5.82 Å². The number of fused-ring (bicyclic) bond motifs is 1. The van der Waals surface area contributed by atoms with Crippen LogP contribution in [0.1, 0.15) is 18.4 Å². The third-order valence-corrected chi connectivity index (χ3v) is 2.79. The van der Waals surface area contributed by atoms with Crippen LogP contribution in [-0.2, 0) is 0 Å². The summed E-state index contributed by atoms with van der Waals surface area (Å²) < 4.78 is 1.86. The number of aryl methyl sites for hydroxylation is 1. The van der Waals surface area contributed by atoms with Gasteiger partial charge in [-0.2, -0.15) is 9.61 Å². The molecule has 4 nitrogen and oxygen atoms in total. The Morgan fingerprint density at radius 1 is 1.47 bits per heavy atom. The summed E-state index contributed by atoms with van der Waals surface area (Å²) in [7, 11) is 0. The van der Waals surface area contributed by atoms with Gasteiger partial charge in [0.25, 0.3) is 0 Å². The van der Waals surface area contributed by atoms with Crippen molar-refractivity contribution < 1.29 is 0 Å². The van der Waals surface area contributed by atoms with Crippen LogP contribution in [0.3, 0.4) is 0 Å². The number of aromatic nitrogens is 3. The van der Waals surface area contributed by atoms with Crippen molar-refractivity contribution in [3.8, 4) is 0 Å². The Labute approximate surface area is 88.3 Å². The van der Waals surface area contributed by atoms with Gasteiger partial charge < -0.3 is 5.32 Å². The lowest BCUT2D eigenvalue weighted by Gasteiger charge is -2.08. The van der Waals surface area contributed by atoms with Crippen LogP contribution in [0.15, 0.2) is 18.5 Å². The van der Waals surface area contributed by atoms with Crippen LogP contribution < -0.4 is 5.32 Å². The van der Waals surface area contributed by atoms with E-state index < -0.39 is 0 Å². The minimum atomic E-state index is 0.865. The second-order valence-electron chi connectivity index (χ2n) is 4.27. The van der Waals surface area contributed by atoms with E-state index in [1.807, 2.05) is 10.6 Å². The van der Waals surface area contributed by atoms with Gasteiger partial charge in [-0.25, -0.2) is 4.98 Å². The number of pyridine rings is 1. The molecule has 1 aliphatic rings. The SMILES string of the molecule is Cc1cc(NCC2CC2)n2ncnc2c1. The minimum Gasteiger partial charge on any atom is -0.370 e. The molecular weight excluding hydrogens is 188 g/mol. The first-order chi connectivity index (χ1) is 7.33. The van der Waals surface area contributed by atoms with Gasteiger partial charge >= 0.3 is 0 Å². The number of nitrogens with one attached hydrogen (secondary N) is 1. The Morgan fingerprint density at radius 3 is 3.13 bits per heavy atom. The van der Waals surface area contributed by atoms with Crippen molar-refractivity contribution in [3.63, 3.8) is 0 Å². The first-order valence-electron chi connectivity index (χ1n) is 5.37.